The molecule has 0 aliphatic rings. The van der Waals surface area contributed by atoms with E-state index in [4.69, 9.17) is 5.11 Å². The Kier molecular flexibility index (Phi) is 4.93. The molecule has 108 valence electrons. The van der Waals surface area contributed by atoms with Crippen molar-refractivity contribution in [2.24, 2.45) is 0 Å². The third kappa shape index (κ3) is 4.47. The van der Waals surface area contributed by atoms with Crippen LogP contribution in [0.1, 0.15) is 31.4 Å². The van der Waals surface area contributed by atoms with Crippen LogP contribution in [0, 0.1) is 0 Å². The second-order valence-electron chi connectivity index (χ2n) is 5.74. The normalized spacial score (nSPS) is 11.8. The maximum absolute atomic E-state index is 9.01. The highest BCUT2D eigenvalue weighted by Crippen LogP contribution is 2.10. The van der Waals surface area contributed by atoms with Crippen molar-refractivity contribution in [3.63, 3.8) is 0 Å². The van der Waals surface area contributed by atoms with Gasteiger partial charge in [0.15, 0.2) is 0 Å². The molecule has 0 spiro atoms. The van der Waals surface area contributed by atoms with Crippen molar-refractivity contribution in [1.82, 2.24) is 15.1 Å². The number of aromatic nitrogens is 2. The fourth-order valence-electron chi connectivity index (χ4n) is 2.06. The van der Waals surface area contributed by atoms with E-state index >= 15 is 0 Å². The number of hydrogen-bond donors (Lipinski definition) is 2. The van der Waals surface area contributed by atoms with Gasteiger partial charge in [-0.25, -0.2) is 0 Å². The summed E-state index contributed by atoms with van der Waals surface area (Å²) in [5, 5.41) is 16.8. The molecule has 4 heteroatoms. The fraction of sp³-hybridized carbons (Fsp3) is 0.438. The van der Waals surface area contributed by atoms with Crippen LogP contribution in [0.5, 0.6) is 0 Å². The van der Waals surface area contributed by atoms with E-state index < -0.39 is 0 Å². The van der Waals surface area contributed by atoms with E-state index in [-0.39, 0.29) is 12.1 Å². The SMILES string of the molecule is CC(C)(CCO)NCc1cnn(Cc2ccccc2)c1. The van der Waals surface area contributed by atoms with Crippen LogP contribution >= 0.6 is 0 Å². The quantitative estimate of drug-likeness (QED) is 0.813. The van der Waals surface area contributed by atoms with Crippen LogP contribution in [0.3, 0.4) is 0 Å². The molecule has 2 rings (SSSR count). The predicted molar refractivity (Wildman–Crippen MR) is 80.4 cm³/mol. The van der Waals surface area contributed by atoms with E-state index in [0.717, 1.165) is 25.1 Å². The second kappa shape index (κ2) is 6.68. The molecule has 4 nitrogen and oxygen atoms in total. The lowest BCUT2D eigenvalue weighted by Gasteiger charge is -2.25. The third-order valence-corrected chi connectivity index (χ3v) is 3.38. The highest BCUT2D eigenvalue weighted by molar-refractivity contribution is 5.15. The van der Waals surface area contributed by atoms with Crippen molar-refractivity contribution < 1.29 is 5.11 Å². The summed E-state index contributed by atoms with van der Waals surface area (Å²) in [5.74, 6) is 0. The first-order valence-corrected chi connectivity index (χ1v) is 7.00. The molecule has 20 heavy (non-hydrogen) atoms. The second-order valence-corrected chi connectivity index (χ2v) is 5.74. The van der Waals surface area contributed by atoms with Crippen LogP contribution in [0.2, 0.25) is 0 Å². The smallest absolute Gasteiger partial charge is 0.0659 e. The average molecular weight is 273 g/mol. The number of nitrogens with one attached hydrogen (secondary N) is 1. The van der Waals surface area contributed by atoms with Crippen LogP contribution in [-0.2, 0) is 13.1 Å². The lowest BCUT2D eigenvalue weighted by atomic mass is 10.0. The molecule has 0 radical (unpaired) electrons. The van der Waals surface area contributed by atoms with Gasteiger partial charge in [0.25, 0.3) is 0 Å². The van der Waals surface area contributed by atoms with Gasteiger partial charge in [0.1, 0.15) is 0 Å². The van der Waals surface area contributed by atoms with E-state index in [1.54, 1.807) is 0 Å². The fourth-order valence-corrected chi connectivity index (χ4v) is 2.06. The van der Waals surface area contributed by atoms with E-state index in [2.05, 4.69) is 42.6 Å². The lowest BCUT2D eigenvalue weighted by molar-refractivity contribution is 0.230. The van der Waals surface area contributed by atoms with Gasteiger partial charge in [-0.05, 0) is 25.8 Å². The molecule has 0 fully saturated rings. The summed E-state index contributed by atoms with van der Waals surface area (Å²) in [7, 11) is 0. The lowest BCUT2D eigenvalue weighted by Crippen LogP contribution is -2.39. The van der Waals surface area contributed by atoms with Crippen molar-refractivity contribution in [3.8, 4) is 0 Å². The zero-order chi connectivity index (χ0) is 14.4. The Labute approximate surface area is 120 Å². The molecule has 0 unspecified atom stereocenters. The van der Waals surface area contributed by atoms with Crippen molar-refractivity contribution in [3.05, 3.63) is 53.9 Å². The maximum atomic E-state index is 9.01. The Morgan fingerprint density at radius 2 is 1.95 bits per heavy atom. The Morgan fingerprint density at radius 1 is 1.20 bits per heavy atom. The molecule has 0 aliphatic carbocycles. The highest BCUT2D eigenvalue weighted by Gasteiger charge is 2.15. The third-order valence-electron chi connectivity index (χ3n) is 3.38. The maximum Gasteiger partial charge on any atom is 0.0659 e. The zero-order valence-corrected chi connectivity index (χ0v) is 12.2. The van der Waals surface area contributed by atoms with Crippen LogP contribution in [0.4, 0.5) is 0 Å². The molecule has 0 bridgehead atoms. The average Bonchev–Trinajstić information content (AvgIpc) is 2.85. The molecule has 0 saturated heterocycles. The Hall–Kier alpha value is -1.65. The van der Waals surface area contributed by atoms with Crippen molar-refractivity contribution in [2.45, 2.75) is 38.9 Å². The summed E-state index contributed by atoms with van der Waals surface area (Å²) >= 11 is 0. The first-order valence-electron chi connectivity index (χ1n) is 7.00. The number of nitrogens with zero attached hydrogens (tertiary/aromatic N) is 2. The van der Waals surface area contributed by atoms with E-state index in [1.807, 2.05) is 29.1 Å². The summed E-state index contributed by atoms with van der Waals surface area (Å²) < 4.78 is 1.95. The number of hydrogen-bond acceptors (Lipinski definition) is 3. The topological polar surface area (TPSA) is 50.1 Å². The van der Waals surface area contributed by atoms with Crippen molar-refractivity contribution >= 4 is 0 Å². The largest absolute Gasteiger partial charge is 0.396 e. The number of aliphatic hydroxyl groups is 1. The number of rotatable bonds is 7. The van der Waals surface area contributed by atoms with E-state index in [1.165, 1.54) is 5.56 Å². The predicted octanol–water partition coefficient (Wildman–Crippen LogP) is 2.18. The van der Waals surface area contributed by atoms with Crippen LogP contribution < -0.4 is 5.32 Å². The van der Waals surface area contributed by atoms with Crippen molar-refractivity contribution in [1.29, 1.82) is 0 Å². The molecule has 1 aromatic carbocycles. The minimum absolute atomic E-state index is 0.0592. The molecular weight excluding hydrogens is 250 g/mol. The number of benzene rings is 1. The molecule has 0 amide bonds. The molecule has 2 aromatic rings. The summed E-state index contributed by atoms with van der Waals surface area (Å²) in [4.78, 5) is 0. The van der Waals surface area contributed by atoms with Gasteiger partial charge < -0.3 is 10.4 Å². The minimum atomic E-state index is -0.0592. The Bertz CT molecular complexity index is 520. The standard InChI is InChI=1S/C16H23N3O/c1-16(2,8-9-20)17-10-15-11-18-19(13-15)12-14-6-4-3-5-7-14/h3-7,11,13,17,20H,8-10,12H2,1-2H3. The highest BCUT2D eigenvalue weighted by atomic mass is 16.3. The summed E-state index contributed by atoms with van der Waals surface area (Å²) in [6, 6.07) is 10.3. The molecule has 1 aromatic heterocycles. The van der Waals surface area contributed by atoms with Gasteiger partial charge in [0, 0.05) is 30.5 Å². The van der Waals surface area contributed by atoms with Gasteiger partial charge in [-0.15, -0.1) is 0 Å². The van der Waals surface area contributed by atoms with Gasteiger partial charge in [0.2, 0.25) is 0 Å². The molecule has 0 atom stereocenters. The summed E-state index contributed by atoms with van der Waals surface area (Å²) in [5.41, 5.74) is 2.35. The molecule has 2 N–H and O–H groups in total. The van der Waals surface area contributed by atoms with Crippen LogP contribution in [0.25, 0.3) is 0 Å². The van der Waals surface area contributed by atoms with Gasteiger partial charge in [-0.1, -0.05) is 30.3 Å². The Balaban J connectivity index is 1.89. The van der Waals surface area contributed by atoms with Gasteiger partial charge >= 0.3 is 0 Å². The van der Waals surface area contributed by atoms with Crippen molar-refractivity contribution in [2.75, 3.05) is 6.61 Å². The number of aliphatic hydroxyl groups excluding tert-OH is 1. The summed E-state index contributed by atoms with van der Waals surface area (Å²) in [6.07, 6.45) is 4.70. The molecule has 0 aliphatic heterocycles. The Morgan fingerprint density at radius 3 is 2.65 bits per heavy atom. The van der Waals surface area contributed by atoms with E-state index in [0.29, 0.717) is 0 Å². The first kappa shape index (κ1) is 14.8. The van der Waals surface area contributed by atoms with E-state index in [9.17, 15) is 0 Å². The summed E-state index contributed by atoms with van der Waals surface area (Å²) in [6.45, 7) is 5.95. The van der Waals surface area contributed by atoms with Gasteiger partial charge in [-0.3, -0.25) is 4.68 Å². The molecule has 0 saturated carbocycles. The molecular formula is C16H23N3O. The first-order chi connectivity index (χ1) is 9.59. The van der Waals surface area contributed by atoms with Gasteiger partial charge in [-0.2, -0.15) is 5.10 Å². The molecule has 1 heterocycles. The zero-order valence-electron chi connectivity index (χ0n) is 12.2. The monoisotopic (exact) mass is 273 g/mol. The minimum Gasteiger partial charge on any atom is -0.396 e. The van der Waals surface area contributed by atoms with Crippen LogP contribution in [0.15, 0.2) is 42.7 Å². The van der Waals surface area contributed by atoms with Crippen LogP contribution in [-0.4, -0.2) is 27.0 Å². The van der Waals surface area contributed by atoms with Gasteiger partial charge in [0.05, 0.1) is 12.7 Å².